The third-order valence-corrected chi connectivity index (χ3v) is 6.65. The van der Waals surface area contributed by atoms with Crippen LogP contribution in [-0.4, -0.2) is 57.3 Å². The predicted molar refractivity (Wildman–Crippen MR) is 104 cm³/mol. The normalized spacial score (nSPS) is 20.4. The molecule has 1 aromatic carbocycles. The molecule has 0 N–H and O–H groups in total. The van der Waals surface area contributed by atoms with Gasteiger partial charge in [0, 0.05) is 42.8 Å². The summed E-state index contributed by atoms with van der Waals surface area (Å²) in [5.41, 5.74) is 1.01. The average Bonchev–Trinajstić information content (AvgIpc) is 3.41. The van der Waals surface area contributed by atoms with E-state index in [4.69, 9.17) is 0 Å². The molecule has 0 aliphatic carbocycles. The molecule has 0 saturated carbocycles. The molecule has 5 rings (SSSR count). The van der Waals surface area contributed by atoms with Gasteiger partial charge in [-0.2, -0.15) is 13.2 Å². The number of halogens is 3. The summed E-state index contributed by atoms with van der Waals surface area (Å²) in [4.78, 5) is 22.6. The number of carbonyl (C=O) groups is 1. The highest BCUT2D eigenvalue weighted by Crippen LogP contribution is 2.31. The van der Waals surface area contributed by atoms with Gasteiger partial charge in [0.15, 0.2) is 4.96 Å². The van der Waals surface area contributed by atoms with E-state index in [1.165, 1.54) is 29.9 Å². The minimum atomic E-state index is -4.37. The summed E-state index contributed by atoms with van der Waals surface area (Å²) < 4.78 is 40.1. The molecule has 0 bridgehead atoms. The number of benzene rings is 1. The minimum Gasteiger partial charge on any atom is -0.334 e. The van der Waals surface area contributed by atoms with Gasteiger partial charge in [-0.1, -0.05) is 12.1 Å². The van der Waals surface area contributed by atoms with Gasteiger partial charge in [0.05, 0.1) is 11.3 Å². The number of nitrogens with zero attached hydrogens (tertiary/aromatic N) is 4. The molecule has 2 saturated heterocycles. The molecule has 9 heteroatoms. The molecule has 29 heavy (non-hydrogen) atoms. The Morgan fingerprint density at radius 2 is 1.93 bits per heavy atom. The zero-order chi connectivity index (χ0) is 20.2. The van der Waals surface area contributed by atoms with Crippen LogP contribution in [0.4, 0.5) is 13.2 Å². The zero-order valence-electron chi connectivity index (χ0n) is 15.5. The highest BCUT2D eigenvalue weighted by Gasteiger charge is 2.34. The summed E-state index contributed by atoms with van der Waals surface area (Å²) in [5.74, 6) is -0.0147. The molecule has 3 aromatic rings. The summed E-state index contributed by atoms with van der Waals surface area (Å²) in [7, 11) is 0. The van der Waals surface area contributed by atoms with Crippen molar-refractivity contribution in [3.63, 3.8) is 0 Å². The Morgan fingerprint density at radius 1 is 1.14 bits per heavy atom. The molecule has 2 aliphatic rings. The van der Waals surface area contributed by atoms with Gasteiger partial charge in [0.1, 0.15) is 5.69 Å². The first-order valence-corrected chi connectivity index (χ1v) is 10.5. The number of alkyl halides is 3. The molecule has 2 fully saturated rings. The molecule has 0 spiro atoms. The van der Waals surface area contributed by atoms with Crippen LogP contribution in [0.3, 0.4) is 0 Å². The van der Waals surface area contributed by atoms with Crippen LogP contribution in [0.2, 0.25) is 0 Å². The number of amides is 1. The third-order valence-electron chi connectivity index (χ3n) is 5.81. The largest absolute Gasteiger partial charge is 0.416 e. The Labute approximate surface area is 169 Å². The first-order valence-electron chi connectivity index (χ1n) is 9.58. The molecule has 1 atom stereocenters. The Hall–Kier alpha value is -2.39. The van der Waals surface area contributed by atoms with Crippen LogP contribution in [0.5, 0.6) is 0 Å². The van der Waals surface area contributed by atoms with Crippen LogP contribution in [-0.2, 0) is 6.18 Å². The maximum Gasteiger partial charge on any atom is 0.416 e. The molecular formula is C20H19F3N4OS. The van der Waals surface area contributed by atoms with Crippen LogP contribution in [0.15, 0.2) is 35.8 Å². The van der Waals surface area contributed by atoms with Crippen molar-refractivity contribution in [1.82, 2.24) is 19.2 Å². The number of carbonyl (C=O) groups excluding carboxylic acids is 1. The predicted octanol–water partition coefficient (Wildman–Crippen LogP) is 4.00. The Bertz CT molecular complexity index is 1060. The van der Waals surface area contributed by atoms with E-state index >= 15 is 0 Å². The van der Waals surface area contributed by atoms with Crippen molar-refractivity contribution < 1.29 is 18.0 Å². The summed E-state index contributed by atoms with van der Waals surface area (Å²) in [5, 5.41) is 1.81. The molecule has 1 amide bonds. The van der Waals surface area contributed by atoms with Gasteiger partial charge in [-0.15, -0.1) is 11.3 Å². The minimum absolute atomic E-state index is 0.0147. The van der Waals surface area contributed by atoms with Crippen LogP contribution in [0.1, 0.15) is 28.9 Å². The number of thiazole rings is 1. The molecule has 2 aliphatic heterocycles. The maximum atomic E-state index is 13.1. The van der Waals surface area contributed by atoms with Crippen molar-refractivity contribution in [1.29, 1.82) is 0 Å². The van der Waals surface area contributed by atoms with E-state index in [1.807, 2.05) is 10.3 Å². The van der Waals surface area contributed by atoms with Crippen molar-refractivity contribution >= 4 is 22.2 Å². The molecule has 152 valence electrons. The lowest BCUT2D eigenvalue weighted by atomic mass is 10.1. The van der Waals surface area contributed by atoms with Crippen molar-refractivity contribution in [2.24, 2.45) is 0 Å². The van der Waals surface area contributed by atoms with Crippen molar-refractivity contribution in [3.8, 4) is 11.3 Å². The average molecular weight is 420 g/mol. The number of rotatable bonds is 2. The van der Waals surface area contributed by atoms with Crippen LogP contribution in [0.25, 0.3) is 16.2 Å². The summed E-state index contributed by atoms with van der Waals surface area (Å²) in [6, 6.07) is 5.38. The van der Waals surface area contributed by atoms with Crippen molar-refractivity contribution in [2.75, 3.05) is 26.2 Å². The molecular weight excluding hydrogens is 401 g/mol. The number of hydrogen-bond donors (Lipinski definition) is 0. The summed E-state index contributed by atoms with van der Waals surface area (Å²) in [6.45, 7) is 3.49. The van der Waals surface area contributed by atoms with Gasteiger partial charge in [-0.25, -0.2) is 4.98 Å². The van der Waals surface area contributed by atoms with E-state index in [2.05, 4.69) is 9.88 Å². The maximum absolute atomic E-state index is 13.1. The number of imidazole rings is 1. The summed E-state index contributed by atoms with van der Waals surface area (Å²) >= 11 is 1.36. The second kappa shape index (κ2) is 6.84. The van der Waals surface area contributed by atoms with Crippen LogP contribution >= 0.6 is 11.3 Å². The number of piperazine rings is 1. The van der Waals surface area contributed by atoms with Gasteiger partial charge in [-0.3, -0.25) is 14.1 Å². The first-order chi connectivity index (χ1) is 13.9. The number of aromatic nitrogens is 2. The Morgan fingerprint density at radius 3 is 2.69 bits per heavy atom. The first kappa shape index (κ1) is 18.6. The van der Waals surface area contributed by atoms with E-state index in [0.29, 0.717) is 34.5 Å². The van der Waals surface area contributed by atoms with Gasteiger partial charge in [0.2, 0.25) is 0 Å². The van der Waals surface area contributed by atoms with Gasteiger partial charge in [0.25, 0.3) is 5.91 Å². The highest BCUT2D eigenvalue weighted by atomic mass is 32.1. The number of hydrogen-bond acceptors (Lipinski definition) is 4. The van der Waals surface area contributed by atoms with Gasteiger partial charge in [-0.05, 0) is 31.5 Å². The van der Waals surface area contributed by atoms with E-state index in [-0.39, 0.29) is 5.91 Å². The lowest BCUT2D eigenvalue weighted by Gasteiger charge is -2.37. The van der Waals surface area contributed by atoms with Crippen LogP contribution in [0, 0.1) is 0 Å². The topological polar surface area (TPSA) is 40.9 Å². The van der Waals surface area contributed by atoms with E-state index in [9.17, 15) is 18.0 Å². The molecule has 4 heterocycles. The van der Waals surface area contributed by atoms with E-state index < -0.39 is 11.7 Å². The van der Waals surface area contributed by atoms with Gasteiger partial charge >= 0.3 is 6.18 Å². The lowest BCUT2D eigenvalue weighted by Crippen LogP contribution is -2.52. The fourth-order valence-corrected chi connectivity index (χ4v) is 5.09. The monoisotopic (exact) mass is 420 g/mol. The lowest BCUT2D eigenvalue weighted by molar-refractivity contribution is -0.137. The smallest absolute Gasteiger partial charge is 0.334 e. The fourth-order valence-electron chi connectivity index (χ4n) is 4.24. The fraction of sp³-hybridized carbons (Fsp3) is 0.400. The quantitative estimate of drug-likeness (QED) is 0.629. The second-order valence-corrected chi connectivity index (χ2v) is 8.39. The van der Waals surface area contributed by atoms with E-state index in [0.717, 1.165) is 38.2 Å². The number of fused-ring (bicyclic) bond motifs is 2. The third kappa shape index (κ3) is 3.32. The Kier molecular flexibility index (Phi) is 4.40. The Balaban J connectivity index is 1.40. The van der Waals surface area contributed by atoms with Gasteiger partial charge < -0.3 is 4.90 Å². The summed E-state index contributed by atoms with van der Waals surface area (Å²) in [6.07, 6.45) is -0.317. The zero-order valence-corrected chi connectivity index (χ0v) is 16.3. The van der Waals surface area contributed by atoms with Crippen molar-refractivity contribution in [2.45, 2.75) is 25.1 Å². The standard InChI is InChI=1S/C20H19F3N4OS/c21-20(22,23)14-5-3-13(4-6-14)16-11-27-17(12-29-19(27)24-16)18(28)26-9-8-25-7-1-2-15(25)10-26/h3-6,11-12,15H,1-2,7-10H2/t15-/m1/s1. The van der Waals surface area contributed by atoms with Crippen molar-refractivity contribution in [3.05, 3.63) is 47.1 Å². The highest BCUT2D eigenvalue weighted by molar-refractivity contribution is 7.15. The molecule has 2 aromatic heterocycles. The molecule has 5 nitrogen and oxygen atoms in total. The molecule has 0 radical (unpaired) electrons. The van der Waals surface area contributed by atoms with Crippen LogP contribution < -0.4 is 0 Å². The molecule has 0 unspecified atom stereocenters. The second-order valence-electron chi connectivity index (χ2n) is 7.56. The SMILES string of the molecule is O=C(c1csc2nc(-c3ccc(C(F)(F)F)cc3)cn12)N1CCN2CCC[C@@H]2C1. The van der Waals surface area contributed by atoms with E-state index in [1.54, 1.807) is 10.6 Å².